The van der Waals surface area contributed by atoms with Crippen LogP contribution in [0.15, 0.2) is 145 Å². The second kappa shape index (κ2) is 27.2. The zero-order valence-corrected chi connectivity index (χ0v) is 37.5. The Labute approximate surface area is 385 Å². The zero-order chi connectivity index (χ0) is 45.2. The highest BCUT2D eigenvalue weighted by molar-refractivity contribution is 5.83. The predicted octanol–water partition coefficient (Wildman–Crippen LogP) is 14.6. The van der Waals surface area contributed by atoms with Crippen molar-refractivity contribution in [2.45, 2.75) is 89.9 Å². The van der Waals surface area contributed by atoms with Gasteiger partial charge in [0.2, 0.25) is 0 Å². The first-order valence-electron chi connectivity index (χ1n) is 23.3. The SMILES string of the molecule is N#Cc1ccc(-c2ccc(OCCCCCCCCCOc3ccc(N=Cc4ccc(OCCCCCCCCCOc5ccc(-c6ccc(C#N)cc6)cc5)c(O)c4)cc3)cc2)cc1. The van der Waals surface area contributed by atoms with Gasteiger partial charge in [-0.15, -0.1) is 0 Å². The number of unbranched alkanes of at least 4 members (excludes halogenated alkanes) is 12. The number of phenolic OH excluding ortho intramolecular Hbond substituents is 1. The highest BCUT2D eigenvalue weighted by Crippen LogP contribution is 2.28. The van der Waals surface area contributed by atoms with Crippen LogP contribution in [-0.2, 0) is 0 Å². The Morgan fingerprint density at radius 2 is 0.738 bits per heavy atom. The molecule has 0 spiro atoms. The van der Waals surface area contributed by atoms with Crippen LogP contribution in [0.2, 0.25) is 0 Å². The fraction of sp³-hybridized carbons (Fsp3) is 0.316. The molecule has 0 atom stereocenters. The van der Waals surface area contributed by atoms with Gasteiger partial charge in [-0.2, -0.15) is 10.5 Å². The lowest BCUT2D eigenvalue weighted by molar-refractivity contribution is 0.288. The van der Waals surface area contributed by atoms with Crippen LogP contribution in [-0.4, -0.2) is 37.7 Å². The summed E-state index contributed by atoms with van der Waals surface area (Å²) >= 11 is 0. The van der Waals surface area contributed by atoms with Crippen molar-refractivity contribution in [2.24, 2.45) is 4.99 Å². The monoisotopic (exact) mass is 867 g/mol. The Morgan fingerprint density at radius 1 is 0.400 bits per heavy atom. The summed E-state index contributed by atoms with van der Waals surface area (Å²) in [6, 6.07) is 49.0. The van der Waals surface area contributed by atoms with Crippen molar-refractivity contribution >= 4 is 11.9 Å². The minimum Gasteiger partial charge on any atom is -0.504 e. The van der Waals surface area contributed by atoms with Gasteiger partial charge in [0.1, 0.15) is 17.2 Å². The molecule has 8 heteroatoms. The summed E-state index contributed by atoms with van der Waals surface area (Å²) in [5.74, 6) is 3.23. The summed E-state index contributed by atoms with van der Waals surface area (Å²) in [4.78, 5) is 4.57. The number of nitrogens with zero attached hydrogens (tertiary/aromatic N) is 3. The fourth-order valence-electron chi connectivity index (χ4n) is 7.40. The van der Waals surface area contributed by atoms with Gasteiger partial charge in [0.25, 0.3) is 0 Å². The van der Waals surface area contributed by atoms with E-state index in [0.29, 0.717) is 36.7 Å². The van der Waals surface area contributed by atoms with E-state index < -0.39 is 0 Å². The Bertz CT molecular complexity index is 2400. The summed E-state index contributed by atoms with van der Waals surface area (Å²) < 4.78 is 23.7. The second-order valence-electron chi connectivity index (χ2n) is 16.2. The number of hydrogen-bond donors (Lipinski definition) is 1. The van der Waals surface area contributed by atoms with Crippen molar-refractivity contribution in [3.8, 4) is 63.1 Å². The summed E-state index contributed by atoms with van der Waals surface area (Å²) in [7, 11) is 0. The number of aliphatic imine (C=N–C) groups is 1. The number of ether oxygens (including phenoxy) is 4. The molecule has 0 saturated carbocycles. The van der Waals surface area contributed by atoms with E-state index >= 15 is 0 Å². The van der Waals surface area contributed by atoms with Crippen molar-refractivity contribution in [2.75, 3.05) is 26.4 Å². The maximum Gasteiger partial charge on any atom is 0.160 e. The van der Waals surface area contributed by atoms with E-state index in [0.717, 1.165) is 109 Å². The molecule has 65 heavy (non-hydrogen) atoms. The van der Waals surface area contributed by atoms with Crippen LogP contribution in [0.4, 0.5) is 5.69 Å². The van der Waals surface area contributed by atoms with E-state index in [9.17, 15) is 5.11 Å². The van der Waals surface area contributed by atoms with Gasteiger partial charge in [-0.05, 0) is 144 Å². The normalized spacial score (nSPS) is 10.9. The lowest BCUT2D eigenvalue weighted by Gasteiger charge is -2.09. The Kier molecular flexibility index (Phi) is 19.9. The smallest absolute Gasteiger partial charge is 0.160 e. The molecule has 0 radical (unpaired) electrons. The third-order valence-electron chi connectivity index (χ3n) is 11.2. The highest BCUT2D eigenvalue weighted by atomic mass is 16.5. The first kappa shape index (κ1) is 47.4. The molecule has 6 aromatic rings. The van der Waals surface area contributed by atoms with Crippen LogP contribution in [0.1, 0.15) is 107 Å². The highest BCUT2D eigenvalue weighted by Gasteiger charge is 2.05. The number of aromatic hydroxyl groups is 1. The number of phenols is 1. The maximum atomic E-state index is 10.6. The van der Waals surface area contributed by atoms with Gasteiger partial charge in [0.15, 0.2) is 11.5 Å². The second-order valence-corrected chi connectivity index (χ2v) is 16.2. The molecular formula is C57H61N3O5. The van der Waals surface area contributed by atoms with E-state index in [4.69, 9.17) is 29.5 Å². The molecule has 0 aliphatic rings. The van der Waals surface area contributed by atoms with Crippen LogP contribution < -0.4 is 18.9 Å². The molecule has 0 amide bonds. The van der Waals surface area contributed by atoms with Gasteiger partial charge >= 0.3 is 0 Å². The molecule has 1 N–H and O–H groups in total. The van der Waals surface area contributed by atoms with E-state index in [1.807, 2.05) is 103 Å². The third kappa shape index (κ3) is 16.9. The zero-order valence-electron chi connectivity index (χ0n) is 37.5. The molecule has 0 unspecified atom stereocenters. The molecule has 0 aliphatic carbocycles. The van der Waals surface area contributed by atoms with Crippen LogP contribution in [0.5, 0.6) is 28.7 Å². The number of benzene rings is 6. The molecule has 334 valence electrons. The molecule has 8 nitrogen and oxygen atoms in total. The average Bonchev–Trinajstić information content (AvgIpc) is 3.35. The van der Waals surface area contributed by atoms with Gasteiger partial charge in [-0.25, -0.2) is 0 Å². The Hall–Kier alpha value is -7.03. The molecule has 0 heterocycles. The van der Waals surface area contributed by atoms with E-state index in [-0.39, 0.29) is 5.75 Å². The number of rotatable bonds is 28. The minimum atomic E-state index is 0.118. The van der Waals surface area contributed by atoms with Crippen molar-refractivity contribution in [3.63, 3.8) is 0 Å². The molecule has 6 aromatic carbocycles. The summed E-state index contributed by atoms with van der Waals surface area (Å²) in [5, 5.41) is 28.5. The first-order valence-corrected chi connectivity index (χ1v) is 23.3. The Morgan fingerprint density at radius 3 is 1.11 bits per heavy atom. The molecule has 0 fully saturated rings. The topological polar surface area (TPSA) is 117 Å². The summed E-state index contributed by atoms with van der Waals surface area (Å²) in [5.41, 5.74) is 7.34. The molecular weight excluding hydrogens is 807 g/mol. The van der Waals surface area contributed by atoms with Gasteiger partial charge in [0, 0.05) is 6.21 Å². The van der Waals surface area contributed by atoms with Crippen LogP contribution in [0.3, 0.4) is 0 Å². The largest absolute Gasteiger partial charge is 0.504 e. The van der Waals surface area contributed by atoms with Gasteiger partial charge in [-0.1, -0.05) is 113 Å². The van der Waals surface area contributed by atoms with E-state index in [2.05, 4.69) is 41.4 Å². The van der Waals surface area contributed by atoms with Gasteiger partial charge in [-0.3, -0.25) is 4.99 Å². The van der Waals surface area contributed by atoms with Crippen LogP contribution >= 0.6 is 0 Å². The fourth-order valence-corrected chi connectivity index (χ4v) is 7.40. The molecule has 6 rings (SSSR count). The number of hydrogen-bond acceptors (Lipinski definition) is 8. The molecule has 0 aliphatic heterocycles. The van der Waals surface area contributed by atoms with Crippen molar-refractivity contribution in [1.29, 1.82) is 10.5 Å². The lowest BCUT2D eigenvalue weighted by Crippen LogP contribution is -1.98. The van der Waals surface area contributed by atoms with Crippen LogP contribution in [0.25, 0.3) is 22.3 Å². The van der Waals surface area contributed by atoms with E-state index in [1.54, 1.807) is 18.3 Å². The molecule has 0 aromatic heterocycles. The predicted molar refractivity (Wildman–Crippen MR) is 262 cm³/mol. The van der Waals surface area contributed by atoms with Crippen molar-refractivity contribution < 1.29 is 24.1 Å². The molecule has 0 saturated heterocycles. The summed E-state index contributed by atoms with van der Waals surface area (Å²) in [6.07, 6.45) is 17.6. The third-order valence-corrected chi connectivity index (χ3v) is 11.2. The molecule has 0 bridgehead atoms. The average molecular weight is 868 g/mol. The van der Waals surface area contributed by atoms with E-state index in [1.165, 1.54) is 38.5 Å². The first-order chi connectivity index (χ1) is 32.1. The van der Waals surface area contributed by atoms with Gasteiger partial charge in [0.05, 0.1) is 55.4 Å². The Balaban J connectivity index is 0.730. The van der Waals surface area contributed by atoms with Gasteiger partial charge < -0.3 is 24.1 Å². The minimum absolute atomic E-state index is 0.118. The van der Waals surface area contributed by atoms with Crippen molar-refractivity contribution in [3.05, 3.63) is 156 Å². The van der Waals surface area contributed by atoms with Crippen LogP contribution in [0, 0.1) is 22.7 Å². The quantitative estimate of drug-likeness (QED) is 0.0385. The standard InChI is InChI=1S/C57H61N3O5/c58-42-45-15-20-48(21-16-45)50-24-30-53(31-25-50)62-37-11-7-3-1-4-9-13-39-64-55-34-28-52(29-35-55)60-44-47-19-36-57(56(61)41-47)65-40-14-10-6-2-5-8-12-38-63-54-32-26-51(27-33-54)49-22-17-46(43-59)18-23-49/h15-36,41,44,61H,1-14,37-40H2. The number of nitriles is 2. The maximum absolute atomic E-state index is 10.6. The lowest BCUT2D eigenvalue weighted by atomic mass is 10.0. The summed E-state index contributed by atoms with van der Waals surface area (Å²) in [6.45, 7) is 2.72. The van der Waals surface area contributed by atoms with Crippen molar-refractivity contribution in [1.82, 2.24) is 0 Å².